The molecule has 0 unspecified atom stereocenters. The fourth-order valence-electron chi connectivity index (χ4n) is 1.72. The summed E-state index contributed by atoms with van der Waals surface area (Å²) in [4.78, 5) is 3.88. The van der Waals surface area contributed by atoms with Gasteiger partial charge in [-0.3, -0.25) is 0 Å². The monoisotopic (exact) mass is 290 g/mol. The topological polar surface area (TPSA) is 24.9 Å². The lowest BCUT2D eigenvalue weighted by molar-refractivity contribution is 0.146. The van der Waals surface area contributed by atoms with Gasteiger partial charge in [-0.05, 0) is 25.1 Å². The van der Waals surface area contributed by atoms with E-state index in [1.807, 2.05) is 6.92 Å². The molecule has 1 heterocycles. The molecule has 0 saturated heterocycles. The maximum atomic E-state index is 12.8. The van der Waals surface area contributed by atoms with Crippen molar-refractivity contribution in [2.75, 3.05) is 11.9 Å². The van der Waals surface area contributed by atoms with E-state index in [4.69, 9.17) is 23.2 Å². The minimum absolute atomic E-state index is 0.263. The average Bonchev–Trinajstić information content (AvgIpc) is 2.29. The van der Waals surface area contributed by atoms with Crippen molar-refractivity contribution in [1.82, 2.24) is 4.98 Å². The van der Waals surface area contributed by atoms with Crippen LogP contribution >= 0.6 is 23.2 Å². The Morgan fingerprint density at radius 1 is 1.28 bits per heavy atom. The molecule has 0 atom stereocenters. The molecule has 96 valence electrons. The first-order chi connectivity index (χ1) is 8.52. The van der Waals surface area contributed by atoms with Gasteiger partial charge in [0.1, 0.15) is 5.69 Å². The summed E-state index contributed by atoms with van der Waals surface area (Å²) >= 11 is 11.9. The molecule has 1 N–H and O–H groups in total. The summed E-state index contributed by atoms with van der Waals surface area (Å²) in [5, 5.41) is 4.35. The Morgan fingerprint density at radius 3 is 2.61 bits per heavy atom. The van der Waals surface area contributed by atoms with Crippen LogP contribution in [0.3, 0.4) is 0 Å². The van der Waals surface area contributed by atoms with E-state index < -0.39 is 6.43 Å². The Bertz CT molecular complexity index is 588. The number of benzene rings is 1. The zero-order valence-electron chi connectivity index (χ0n) is 9.48. The first kappa shape index (κ1) is 13.3. The second-order valence-corrected chi connectivity index (χ2v) is 4.55. The van der Waals surface area contributed by atoms with E-state index >= 15 is 0 Å². The maximum absolute atomic E-state index is 12.8. The first-order valence-corrected chi connectivity index (χ1v) is 6.10. The number of halogens is 4. The van der Waals surface area contributed by atoms with Crippen LogP contribution in [0.4, 0.5) is 14.5 Å². The van der Waals surface area contributed by atoms with Gasteiger partial charge in [0.05, 0.1) is 10.5 Å². The van der Waals surface area contributed by atoms with Crippen LogP contribution in [-0.4, -0.2) is 11.5 Å². The number of anilines is 1. The molecule has 0 aliphatic rings. The first-order valence-electron chi connectivity index (χ1n) is 5.34. The van der Waals surface area contributed by atoms with Crippen LogP contribution in [0.1, 0.15) is 19.0 Å². The second-order valence-electron chi connectivity index (χ2n) is 3.71. The van der Waals surface area contributed by atoms with Crippen molar-refractivity contribution < 1.29 is 8.78 Å². The summed E-state index contributed by atoms with van der Waals surface area (Å²) in [6, 6.07) is 4.47. The van der Waals surface area contributed by atoms with Gasteiger partial charge in [0.15, 0.2) is 0 Å². The quantitative estimate of drug-likeness (QED) is 0.869. The lowest BCUT2D eigenvalue weighted by Gasteiger charge is -2.11. The molecular formula is C12H10Cl2F2N2. The van der Waals surface area contributed by atoms with E-state index in [9.17, 15) is 8.78 Å². The molecule has 2 aromatic rings. The molecule has 1 aromatic carbocycles. The number of fused-ring (bicyclic) bond motifs is 1. The Hall–Kier alpha value is -1.13. The fourth-order valence-corrected chi connectivity index (χ4v) is 2.26. The van der Waals surface area contributed by atoms with Crippen LogP contribution in [0.2, 0.25) is 10.0 Å². The number of nitrogens with one attached hydrogen (secondary N) is 1. The highest BCUT2D eigenvalue weighted by Gasteiger charge is 2.15. The SMILES string of the molecule is CCNc1cc(C(F)F)nc2c(Cl)cc(Cl)cc12. The molecular weight excluding hydrogens is 281 g/mol. The van der Waals surface area contributed by atoms with E-state index in [0.29, 0.717) is 28.2 Å². The van der Waals surface area contributed by atoms with Crippen LogP contribution in [0.25, 0.3) is 10.9 Å². The van der Waals surface area contributed by atoms with Crippen molar-refractivity contribution >= 4 is 39.8 Å². The van der Waals surface area contributed by atoms with Crippen LogP contribution in [0, 0.1) is 0 Å². The van der Waals surface area contributed by atoms with Gasteiger partial charge in [0.2, 0.25) is 0 Å². The van der Waals surface area contributed by atoms with Crippen molar-refractivity contribution in [1.29, 1.82) is 0 Å². The predicted molar refractivity (Wildman–Crippen MR) is 70.9 cm³/mol. The summed E-state index contributed by atoms with van der Waals surface area (Å²) in [6.07, 6.45) is -2.64. The van der Waals surface area contributed by atoms with Gasteiger partial charge in [-0.15, -0.1) is 0 Å². The fraction of sp³-hybridized carbons (Fsp3) is 0.250. The van der Waals surface area contributed by atoms with Crippen LogP contribution in [-0.2, 0) is 0 Å². The Balaban J connectivity index is 2.76. The minimum Gasteiger partial charge on any atom is -0.385 e. The number of pyridine rings is 1. The van der Waals surface area contributed by atoms with Gasteiger partial charge in [0.25, 0.3) is 6.43 Å². The van der Waals surface area contributed by atoms with Gasteiger partial charge >= 0.3 is 0 Å². The second kappa shape index (κ2) is 5.24. The van der Waals surface area contributed by atoms with E-state index in [1.165, 1.54) is 12.1 Å². The molecule has 18 heavy (non-hydrogen) atoms. The molecule has 0 amide bonds. The van der Waals surface area contributed by atoms with Crippen molar-refractivity contribution in [3.8, 4) is 0 Å². The molecule has 0 aliphatic heterocycles. The van der Waals surface area contributed by atoms with Crippen molar-refractivity contribution in [3.63, 3.8) is 0 Å². The third-order valence-corrected chi connectivity index (χ3v) is 2.95. The number of aromatic nitrogens is 1. The van der Waals surface area contributed by atoms with E-state index in [-0.39, 0.29) is 10.7 Å². The molecule has 0 radical (unpaired) electrons. The Morgan fingerprint density at radius 2 is 2.00 bits per heavy atom. The number of hydrogen-bond donors (Lipinski definition) is 1. The van der Waals surface area contributed by atoms with E-state index in [0.717, 1.165) is 0 Å². The molecule has 0 spiro atoms. The molecule has 0 bridgehead atoms. The smallest absolute Gasteiger partial charge is 0.280 e. The predicted octanol–water partition coefficient (Wildman–Crippen LogP) is 4.91. The summed E-state index contributed by atoms with van der Waals surface area (Å²) in [5.74, 6) is 0. The summed E-state index contributed by atoms with van der Waals surface area (Å²) in [6.45, 7) is 2.48. The van der Waals surface area contributed by atoms with Gasteiger partial charge < -0.3 is 5.32 Å². The highest BCUT2D eigenvalue weighted by molar-refractivity contribution is 6.38. The Labute approximate surface area is 113 Å². The van der Waals surface area contributed by atoms with Gasteiger partial charge in [-0.25, -0.2) is 13.8 Å². The van der Waals surface area contributed by atoms with Crippen molar-refractivity contribution in [2.45, 2.75) is 13.3 Å². The molecule has 0 aliphatic carbocycles. The highest BCUT2D eigenvalue weighted by Crippen LogP contribution is 2.33. The molecule has 0 saturated carbocycles. The van der Waals surface area contributed by atoms with Crippen molar-refractivity contribution in [3.05, 3.63) is 33.9 Å². The van der Waals surface area contributed by atoms with Gasteiger partial charge in [0, 0.05) is 22.6 Å². The maximum Gasteiger partial charge on any atom is 0.280 e. The third-order valence-electron chi connectivity index (χ3n) is 2.44. The number of nitrogens with zero attached hydrogens (tertiary/aromatic N) is 1. The molecule has 2 nitrogen and oxygen atoms in total. The molecule has 1 aromatic heterocycles. The Kier molecular flexibility index (Phi) is 3.88. The lowest BCUT2D eigenvalue weighted by Crippen LogP contribution is -2.01. The van der Waals surface area contributed by atoms with Crippen LogP contribution < -0.4 is 5.32 Å². The zero-order valence-corrected chi connectivity index (χ0v) is 11.0. The zero-order chi connectivity index (χ0) is 13.3. The van der Waals surface area contributed by atoms with E-state index in [2.05, 4.69) is 10.3 Å². The van der Waals surface area contributed by atoms with Gasteiger partial charge in [-0.1, -0.05) is 23.2 Å². The molecule has 6 heteroatoms. The average molecular weight is 291 g/mol. The number of hydrogen-bond acceptors (Lipinski definition) is 2. The molecule has 0 fully saturated rings. The summed E-state index contributed by atoms with van der Waals surface area (Å²) in [7, 11) is 0. The third kappa shape index (κ3) is 2.49. The lowest BCUT2D eigenvalue weighted by atomic mass is 10.1. The standard InChI is InChI=1S/C12H10Cl2F2N2/c1-2-17-9-5-10(12(15)16)18-11-7(9)3-6(13)4-8(11)14/h3-5,12H,2H2,1H3,(H,17,18). The summed E-state index contributed by atoms with van der Waals surface area (Å²) < 4.78 is 25.5. The van der Waals surface area contributed by atoms with Crippen molar-refractivity contribution in [2.24, 2.45) is 0 Å². The normalized spacial score (nSPS) is 11.2. The van der Waals surface area contributed by atoms with Gasteiger partial charge in [-0.2, -0.15) is 0 Å². The van der Waals surface area contributed by atoms with Crippen LogP contribution in [0.5, 0.6) is 0 Å². The summed E-state index contributed by atoms with van der Waals surface area (Å²) in [5.41, 5.74) is 0.583. The van der Waals surface area contributed by atoms with E-state index in [1.54, 1.807) is 6.07 Å². The largest absolute Gasteiger partial charge is 0.385 e. The number of alkyl halides is 2. The minimum atomic E-state index is -2.64. The van der Waals surface area contributed by atoms with Crippen LogP contribution in [0.15, 0.2) is 18.2 Å². The molecule has 2 rings (SSSR count). The highest BCUT2D eigenvalue weighted by atomic mass is 35.5. The number of rotatable bonds is 3.